The summed E-state index contributed by atoms with van der Waals surface area (Å²) in [4.78, 5) is 4.11. The lowest BCUT2D eigenvalue weighted by Crippen LogP contribution is -2.10. The number of aromatic nitrogens is 3. The van der Waals surface area contributed by atoms with Crippen LogP contribution in [0, 0.1) is 0 Å². The zero-order chi connectivity index (χ0) is 9.97. The van der Waals surface area contributed by atoms with Crippen LogP contribution in [0.4, 0.5) is 0 Å². The molecule has 0 aromatic carbocycles. The molecule has 0 spiro atoms. The van der Waals surface area contributed by atoms with Gasteiger partial charge >= 0.3 is 0 Å². The third-order valence-corrected chi connectivity index (χ3v) is 1.76. The predicted molar refractivity (Wildman–Crippen MR) is 50.7 cm³/mol. The highest BCUT2D eigenvalue weighted by molar-refractivity contribution is 5.93. The summed E-state index contributed by atoms with van der Waals surface area (Å²) in [5, 5.41) is 7.78. The van der Waals surface area contributed by atoms with Crippen LogP contribution in [-0.2, 0) is 11.3 Å². The maximum Gasteiger partial charge on any atom is 0.244 e. The van der Waals surface area contributed by atoms with Gasteiger partial charge in [0.2, 0.25) is 5.90 Å². The molecule has 6 nitrogen and oxygen atoms in total. The van der Waals surface area contributed by atoms with E-state index in [-0.39, 0.29) is 0 Å². The minimum Gasteiger partial charge on any atom is -0.440 e. The van der Waals surface area contributed by atoms with E-state index in [9.17, 15) is 0 Å². The zero-order valence-electron chi connectivity index (χ0n) is 7.68. The minimum absolute atomic E-state index is 0.485. The second-order valence-corrected chi connectivity index (χ2v) is 2.92. The Hall–Kier alpha value is -1.69. The number of nitrogens with two attached hydrogens (primary N) is 1. The second-order valence-electron chi connectivity index (χ2n) is 2.92. The van der Waals surface area contributed by atoms with Crippen molar-refractivity contribution in [2.75, 3.05) is 13.1 Å². The third-order valence-electron chi connectivity index (χ3n) is 1.76. The smallest absolute Gasteiger partial charge is 0.244 e. The summed E-state index contributed by atoms with van der Waals surface area (Å²) in [5.41, 5.74) is 6.00. The summed E-state index contributed by atoms with van der Waals surface area (Å²) in [6.45, 7) is 5.33. The molecule has 6 heteroatoms. The fourth-order valence-corrected chi connectivity index (χ4v) is 1.13. The van der Waals surface area contributed by atoms with Crippen LogP contribution in [0.25, 0.3) is 0 Å². The Kier molecular flexibility index (Phi) is 2.28. The van der Waals surface area contributed by atoms with Crippen LogP contribution in [-0.4, -0.2) is 34.0 Å². The van der Waals surface area contributed by atoms with E-state index in [1.165, 1.54) is 0 Å². The van der Waals surface area contributed by atoms with Gasteiger partial charge in [0.05, 0.1) is 12.7 Å². The van der Waals surface area contributed by atoms with Crippen molar-refractivity contribution in [3.63, 3.8) is 0 Å². The molecule has 0 bridgehead atoms. The van der Waals surface area contributed by atoms with Crippen molar-refractivity contribution in [2.45, 2.75) is 6.54 Å². The Labute approximate surface area is 81.1 Å². The number of hydrogen-bond donors (Lipinski definition) is 1. The first-order valence-electron chi connectivity index (χ1n) is 4.30. The van der Waals surface area contributed by atoms with Gasteiger partial charge in [-0.15, -0.1) is 5.10 Å². The molecule has 14 heavy (non-hydrogen) atoms. The number of ether oxygens (including phenoxy) is 1. The van der Waals surface area contributed by atoms with Crippen molar-refractivity contribution >= 4 is 5.90 Å². The van der Waals surface area contributed by atoms with Gasteiger partial charge < -0.3 is 10.5 Å². The van der Waals surface area contributed by atoms with Crippen LogP contribution in [0.2, 0.25) is 0 Å². The van der Waals surface area contributed by atoms with Crippen molar-refractivity contribution < 1.29 is 4.74 Å². The molecule has 0 saturated heterocycles. The van der Waals surface area contributed by atoms with E-state index in [4.69, 9.17) is 10.5 Å². The molecule has 0 fully saturated rings. The Morgan fingerprint density at radius 1 is 1.64 bits per heavy atom. The quantitative estimate of drug-likeness (QED) is 0.703. The van der Waals surface area contributed by atoms with Crippen LogP contribution >= 0.6 is 0 Å². The molecule has 0 amide bonds. The third kappa shape index (κ3) is 1.64. The summed E-state index contributed by atoms with van der Waals surface area (Å²) in [7, 11) is 0. The molecule has 1 aliphatic rings. The standard InChI is InChI=1S/C8H11N5O/c1-6-4-10-8(14-6)7-5-13(3-2-9)12-11-7/h5H,1-4,9H2. The minimum atomic E-state index is 0.485. The maximum atomic E-state index is 5.38. The molecule has 2 heterocycles. The predicted octanol–water partition coefficient (Wildman–Crippen LogP) is -0.473. The molecule has 1 aromatic rings. The lowest BCUT2D eigenvalue weighted by molar-refractivity contribution is 0.441. The van der Waals surface area contributed by atoms with E-state index in [0.29, 0.717) is 37.0 Å². The normalized spacial score (nSPS) is 15.5. The first-order valence-corrected chi connectivity index (χ1v) is 4.30. The number of rotatable bonds is 3. The SMILES string of the molecule is C=C1CN=C(c2cn(CCN)nn2)O1. The van der Waals surface area contributed by atoms with Crippen molar-refractivity contribution in [3.05, 3.63) is 24.2 Å². The van der Waals surface area contributed by atoms with Crippen LogP contribution in [0.3, 0.4) is 0 Å². The van der Waals surface area contributed by atoms with Gasteiger partial charge in [-0.2, -0.15) is 0 Å². The molecule has 0 unspecified atom stereocenters. The van der Waals surface area contributed by atoms with Crippen molar-refractivity contribution in [3.8, 4) is 0 Å². The molecule has 2 N–H and O–H groups in total. The van der Waals surface area contributed by atoms with Gasteiger partial charge in [0, 0.05) is 6.54 Å². The van der Waals surface area contributed by atoms with Gasteiger partial charge in [0.15, 0.2) is 5.69 Å². The number of aliphatic imine (C=N–C) groups is 1. The molecule has 0 aliphatic carbocycles. The van der Waals surface area contributed by atoms with E-state index in [1.54, 1.807) is 10.9 Å². The van der Waals surface area contributed by atoms with Gasteiger partial charge in [-0.05, 0) is 0 Å². The van der Waals surface area contributed by atoms with Gasteiger partial charge in [0.1, 0.15) is 12.3 Å². The van der Waals surface area contributed by atoms with Crippen molar-refractivity contribution in [2.24, 2.45) is 10.7 Å². The highest BCUT2D eigenvalue weighted by atomic mass is 16.5. The van der Waals surface area contributed by atoms with Gasteiger partial charge in [0.25, 0.3) is 0 Å². The molecule has 0 atom stereocenters. The second kappa shape index (κ2) is 3.59. The highest BCUT2D eigenvalue weighted by Gasteiger charge is 2.16. The van der Waals surface area contributed by atoms with E-state index in [0.717, 1.165) is 0 Å². The van der Waals surface area contributed by atoms with Crippen molar-refractivity contribution in [1.82, 2.24) is 15.0 Å². The van der Waals surface area contributed by atoms with E-state index >= 15 is 0 Å². The summed E-state index contributed by atoms with van der Waals surface area (Å²) >= 11 is 0. The summed E-state index contributed by atoms with van der Waals surface area (Å²) in [6.07, 6.45) is 1.75. The average molecular weight is 193 g/mol. The lowest BCUT2D eigenvalue weighted by atomic mass is 10.5. The first kappa shape index (κ1) is 8.89. The molecule has 2 rings (SSSR count). The Morgan fingerprint density at radius 2 is 2.50 bits per heavy atom. The molecule has 0 saturated carbocycles. The Bertz CT molecular complexity index is 381. The van der Waals surface area contributed by atoms with Gasteiger partial charge in [-0.25, -0.2) is 4.99 Å². The fraction of sp³-hybridized carbons (Fsp3) is 0.375. The highest BCUT2D eigenvalue weighted by Crippen LogP contribution is 2.10. The van der Waals surface area contributed by atoms with Crippen LogP contribution in [0.5, 0.6) is 0 Å². The average Bonchev–Trinajstić information content (AvgIpc) is 2.74. The lowest BCUT2D eigenvalue weighted by Gasteiger charge is -1.95. The van der Waals surface area contributed by atoms with Crippen molar-refractivity contribution in [1.29, 1.82) is 0 Å². The van der Waals surface area contributed by atoms with Gasteiger partial charge in [-0.1, -0.05) is 11.8 Å². The first-order chi connectivity index (χ1) is 6.79. The topological polar surface area (TPSA) is 78.3 Å². The van der Waals surface area contributed by atoms with E-state index in [2.05, 4.69) is 21.9 Å². The Morgan fingerprint density at radius 3 is 3.14 bits per heavy atom. The monoisotopic (exact) mass is 193 g/mol. The summed E-state index contributed by atoms with van der Waals surface area (Å²) < 4.78 is 6.90. The zero-order valence-corrected chi connectivity index (χ0v) is 7.68. The van der Waals surface area contributed by atoms with Crippen LogP contribution in [0.15, 0.2) is 23.5 Å². The Balaban J connectivity index is 2.13. The molecule has 74 valence electrons. The molecule has 0 radical (unpaired) electrons. The van der Waals surface area contributed by atoms with Gasteiger partial charge in [-0.3, -0.25) is 4.68 Å². The molecule has 1 aliphatic heterocycles. The molecule has 1 aromatic heterocycles. The summed E-state index contributed by atoms with van der Waals surface area (Å²) in [5.74, 6) is 1.12. The summed E-state index contributed by atoms with van der Waals surface area (Å²) in [6, 6.07) is 0. The number of nitrogens with zero attached hydrogens (tertiary/aromatic N) is 4. The van der Waals surface area contributed by atoms with E-state index < -0.39 is 0 Å². The van der Waals surface area contributed by atoms with Crippen LogP contribution in [0.1, 0.15) is 5.69 Å². The van der Waals surface area contributed by atoms with Crippen LogP contribution < -0.4 is 5.73 Å². The molecular weight excluding hydrogens is 182 g/mol. The fourth-order valence-electron chi connectivity index (χ4n) is 1.13. The molecular formula is C8H11N5O. The largest absolute Gasteiger partial charge is 0.440 e. The number of hydrogen-bond acceptors (Lipinski definition) is 5. The van der Waals surface area contributed by atoms with E-state index in [1.807, 2.05) is 0 Å². The maximum absolute atomic E-state index is 5.38.